The van der Waals surface area contributed by atoms with Crippen LogP contribution < -0.4 is 15.0 Å². The summed E-state index contributed by atoms with van der Waals surface area (Å²) in [4.78, 5) is 37.1. The molecule has 2 fully saturated rings. The van der Waals surface area contributed by atoms with Crippen molar-refractivity contribution in [2.24, 2.45) is 0 Å². The molecule has 9 nitrogen and oxygen atoms in total. The Labute approximate surface area is 234 Å². The quantitative estimate of drug-likeness (QED) is 0.359. The standard InChI is InChI=1S/C25H30ClN3O4.C2HF3O2/c1-16-4-3-5-23(33-17(2)30)24(16)29-14-21(22(31)15-29)27-20-10-12-28(13-11-20)25(32)18-6-8-19(26)9-7-18;3-2(4,5)1(6)7/h3-9,20-22,27,31H,10-15H2,1-2H3;(H,6,7)/t21-,22-;/m0./s1. The van der Waals surface area contributed by atoms with Crippen molar-refractivity contribution in [1.82, 2.24) is 10.2 Å². The van der Waals surface area contributed by atoms with Gasteiger partial charge in [-0.2, -0.15) is 13.2 Å². The topological polar surface area (TPSA) is 119 Å². The second-order valence-electron chi connectivity index (χ2n) is 9.64. The number of aliphatic hydroxyl groups is 1. The number of β-amino-alcohol motifs (C(OH)–C–C–N with tert-alkyl or cyclic N) is 1. The molecule has 0 unspecified atom stereocenters. The number of carboxylic acids is 1. The number of para-hydroxylation sites is 1. The first-order valence-corrected chi connectivity index (χ1v) is 13.0. The lowest BCUT2D eigenvalue weighted by atomic mass is 10.0. The highest BCUT2D eigenvalue weighted by atomic mass is 35.5. The highest BCUT2D eigenvalue weighted by Crippen LogP contribution is 2.34. The average Bonchev–Trinajstić information content (AvgIpc) is 3.23. The van der Waals surface area contributed by atoms with Crippen LogP contribution in [0.2, 0.25) is 5.02 Å². The predicted molar refractivity (Wildman–Crippen MR) is 142 cm³/mol. The molecule has 2 aliphatic rings. The van der Waals surface area contributed by atoms with Crippen molar-refractivity contribution in [1.29, 1.82) is 0 Å². The molecular weight excluding hydrogens is 555 g/mol. The molecule has 2 heterocycles. The number of anilines is 1. The Morgan fingerprint density at radius 1 is 1.05 bits per heavy atom. The van der Waals surface area contributed by atoms with Crippen LogP contribution in [0.1, 0.15) is 35.7 Å². The minimum Gasteiger partial charge on any atom is -0.475 e. The van der Waals surface area contributed by atoms with Gasteiger partial charge in [0.25, 0.3) is 5.91 Å². The fraction of sp³-hybridized carbons (Fsp3) is 0.444. The summed E-state index contributed by atoms with van der Waals surface area (Å²) in [7, 11) is 0. The molecule has 0 bridgehead atoms. The maximum Gasteiger partial charge on any atom is 0.490 e. The van der Waals surface area contributed by atoms with E-state index in [-0.39, 0.29) is 24.0 Å². The third kappa shape index (κ3) is 8.33. The van der Waals surface area contributed by atoms with Crippen molar-refractivity contribution in [2.75, 3.05) is 31.1 Å². The van der Waals surface area contributed by atoms with Gasteiger partial charge in [-0.3, -0.25) is 9.59 Å². The normalized spacial score (nSPS) is 19.6. The number of aliphatic carboxylic acids is 1. The minimum atomic E-state index is -5.08. The Morgan fingerprint density at radius 3 is 2.20 bits per heavy atom. The van der Waals surface area contributed by atoms with E-state index in [2.05, 4.69) is 10.2 Å². The first kappa shape index (κ1) is 31.2. The molecule has 0 radical (unpaired) electrons. The van der Waals surface area contributed by atoms with Crippen molar-refractivity contribution in [3.8, 4) is 5.75 Å². The number of carbonyl (C=O) groups is 3. The van der Waals surface area contributed by atoms with Crippen molar-refractivity contribution < 1.29 is 42.5 Å². The largest absolute Gasteiger partial charge is 0.490 e. The number of rotatable bonds is 5. The van der Waals surface area contributed by atoms with Gasteiger partial charge in [-0.15, -0.1) is 0 Å². The third-order valence-corrected chi connectivity index (χ3v) is 6.88. The Bertz CT molecular complexity index is 1200. The molecule has 0 saturated carbocycles. The summed E-state index contributed by atoms with van der Waals surface area (Å²) < 4.78 is 37.1. The van der Waals surface area contributed by atoms with Crippen LogP contribution in [0.15, 0.2) is 42.5 Å². The summed E-state index contributed by atoms with van der Waals surface area (Å²) >= 11 is 5.92. The maximum absolute atomic E-state index is 12.7. The summed E-state index contributed by atoms with van der Waals surface area (Å²) in [5.74, 6) is -2.58. The highest BCUT2D eigenvalue weighted by Gasteiger charge is 2.38. The average molecular weight is 586 g/mol. The van der Waals surface area contributed by atoms with Crippen molar-refractivity contribution in [3.63, 3.8) is 0 Å². The maximum atomic E-state index is 12.7. The number of benzene rings is 2. The number of aryl methyl sites for hydroxylation is 1. The first-order valence-electron chi connectivity index (χ1n) is 12.6. The van der Waals surface area contributed by atoms with E-state index < -0.39 is 18.2 Å². The molecule has 2 aliphatic heterocycles. The number of hydrogen-bond donors (Lipinski definition) is 3. The number of piperidine rings is 1. The van der Waals surface area contributed by atoms with Crippen LogP contribution in [-0.4, -0.2) is 83.5 Å². The molecule has 0 aliphatic carbocycles. The number of amides is 1. The Hall–Kier alpha value is -3.35. The Balaban J connectivity index is 0.000000559. The molecule has 218 valence electrons. The molecule has 1 amide bonds. The van der Waals surface area contributed by atoms with E-state index in [4.69, 9.17) is 26.2 Å². The summed E-state index contributed by atoms with van der Waals surface area (Å²) in [6, 6.07) is 12.7. The molecule has 2 aromatic carbocycles. The number of halogens is 4. The van der Waals surface area contributed by atoms with Gasteiger partial charge in [0.05, 0.1) is 17.8 Å². The van der Waals surface area contributed by atoms with Gasteiger partial charge in [-0.05, 0) is 55.7 Å². The number of hydrogen-bond acceptors (Lipinski definition) is 7. The molecule has 0 spiro atoms. The molecular formula is C27H31ClF3N3O6. The number of likely N-dealkylation sites (tertiary alicyclic amines) is 1. The minimum absolute atomic E-state index is 0.0229. The highest BCUT2D eigenvalue weighted by molar-refractivity contribution is 6.30. The lowest BCUT2D eigenvalue weighted by Crippen LogP contribution is -2.50. The third-order valence-electron chi connectivity index (χ3n) is 6.63. The molecule has 40 heavy (non-hydrogen) atoms. The first-order chi connectivity index (χ1) is 18.8. The van der Waals surface area contributed by atoms with Gasteiger partial charge in [0.1, 0.15) is 0 Å². The van der Waals surface area contributed by atoms with Crippen molar-refractivity contribution in [2.45, 2.75) is 51.1 Å². The lowest BCUT2D eigenvalue weighted by Gasteiger charge is -2.34. The Morgan fingerprint density at radius 2 is 1.65 bits per heavy atom. The number of ether oxygens (including phenoxy) is 1. The number of nitrogens with zero attached hydrogens (tertiary/aromatic N) is 2. The van der Waals surface area contributed by atoms with Gasteiger partial charge in [0, 0.05) is 49.7 Å². The van der Waals surface area contributed by atoms with Gasteiger partial charge >= 0.3 is 18.1 Å². The molecule has 4 rings (SSSR count). The van der Waals surface area contributed by atoms with Crippen LogP contribution >= 0.6 is 11.6 Å². The van der Waals surface area contributed by atoms with Crippen LogP contribution in [-0.2, 0) is 9.59 Å². The van der Waals surface area contributed by atoms with E-state index in [9.17, 15) is 27.9 Å². The molecule has 2 aromatic rings. The predicted octanol–water partition coefficient (Wildman–Crippen LogP) is 3.65. The zero-order valence-corrected chi connectivity index (χ0v) is 22.7. The molecule has 3 N–H and O–H groups in total. The smallest absolute Gasteiger partial charge is 0.475 e. The van der Waals surface area contributed by atoms with E-state index in [1.165, 1.54) is 6.92 Å². The second kappa shape index (κ2) is 13.3. The molecule has 0 aromatic heterocycles. The number of alkyl halides is 3. The van der Waals surface area contributed by atoms with E-state index in [0.29, 0.717) is 42.5 Å². The van der Waals surface area contributed by atoms with E-state index in [1.54, 1.807) is 30.3 Å². The SMILES string of the molecule is CC(=O)Oc1cccc(C)c1N1C[C@H](NC2CCN(C(=O)c3ccc(Cl)cc3)CC2)[C@@H](O)C1.O=C(O)C(F)(F)F. The van der Waals surface area contributed by atoms with Gasteiger partial charge in [-0.25, -0.2) is 4.79 Å². The number of esters is 1. The zero-order chi connectivity index (χ0) is 29.6. The van der Waals surface area contributed by atoms with E-state index in [1.807, 2.05) is 24.0 Å². The van der Waals surface area contributed by atoms with E-state index >= 15 is 0 Å². The van der Waals surface area contributed by atoms with Crippen LogP contribution in [0.4, 0.5) is 18.9 Å². The van der Waals surface area contributed by atoms with Crippen LogP contribution in [0.3, 0.4) is 0 Å². The summed E-state index contributed by atoms with van der Waals surface area (Å²) in [5.41, 5.74) is 2.49. The number of carboxylic acid groups (broad SMARTS) is 1. The Kier molecular flexibility index (Phi) is 10.4. The fourth-order valence-corrected chi connectivity index (χ4v) is 4.86. The van der Waals surface area contributed by atoms with Crippen molar-refractivity contribution in [3.05, 3.63) is 58.6 Å². The van der Waals surface area contributed by atoms with Crippen LogP contribution in [0.5, 0.6) is 5.75 Å². The number of aliphatic hydroxyl groups excluding tert-OH is 1. The second-order valence-corrected chi connectivity index (χ2v) is 10.1. The summed E-state index contributed by atoms with van der Waals surface area (Å²) in [5, 5.41) is 22.1. The molecule has 2 atom stereocenters. The summed E-state index contributed by atoms with van der Waals surface area (Å²) in [6.45, 7) is 5.78. The lowest BCUT2D eigenvalue weighted by molar-refractivity contribution is -0.192. The van der Waals surface area contributed by atoms with Gasteiger partial charge in [0.2, 0.25) is 0 Å². The summed E-state index contributed by atoms with van der Waals surface area (Å²) in [6.07, 6.45) is -3.97. The monoisotopic (exact) mass is 585 g/mol. The molecule has 2 saturated heterocycles. The number of carbonyl (C=O) groups excluding carboxylic acids is 2. The van der Waals surface area contributed by atoms with E-state index in [0.717, 1.165) is 24.1 Å². The van der Waals surface area contributed by atoms with Crippen molar-refractivity contribution >= 4 is 35.1 Å². The van der Waals surface area contributed by atoms with Crippen LogP contribution in [0.25, 0.3) is 0 Å². The van der Waals surface area contributed by atoms with Gasteiger partial charge in [-0.1, -0.05) is 23.7 Å². The number of nitrogens with one attached hydrogen (secondary N) is 1. The van der Waals surface area contributed by atoms with Gasteiger partial charge in [0.15, 0.2) is 5.75 Å². The van der Waals surface area contributed by atoms with Crippen LogP contribution in [0, 0.1) is 6.92 Å². The fourth-order valence-electron chi connectivity index (χ4n) is 4.73. The zero-order valence-electron chi connectivity index (χ0n) is 21.9. The molecule has 13 heteroatoms. The van der Waals surface area contributed by atoms with Gasteiger partial charge < -0.3 is 30.1 Å².